The van der Waals surface area contributed by atoms with Crippen molar-refractivity contribution >= 4 is 38.8 Å². The van der Waals surface area contributed by atoms with Crippen LogP contribution in [0.5, 0.6) is 0 Å². The average Bonchev–Trinajstić information content (AvgIpc) is 3.29. The highest BCUT2D eigenvalue weighted by Gasteiger charge is 2.52. The van der Waals surface area contributed by atoms with E-state index in [-0.39, 0.29) is 0 Å². The molecule has 330 valence electrons. The molecule has 1 aromatic heterocycles. The zero-order valence-corrected chi connectivity index (χ0v) is 30.6. The summed E-state index contributed by atoms with van der Waals surface area (Å²) in [7, 11) is 0. The molecule has 0 radical (unpaired) electrons. The molecule has 0 N–H and O–H groups in total. The van der Waals surface area contributed by atoms with E-state index in [4.69, 9.17) is 5.26 Å². The molecule has 0 aliphatic rings. The average molecular weight is 924 g/mol. The Bertz CT molecular complexity index is 2720. The van der Waals surface area contributed by atoms with Gasteiger partial charge in [-0.25, -0.2) is 92.4 Å². The molecule has 0 atom stereocenters. The maximum absolute atomic E-state index is 15.4. The Hall–Kier alpha value is -7.12. The molecule has 0 amide bonds. The van der Waals surface area contributed by atoms with Gasteiger partial charge >= 0.3 is 0 Å². The third-order valence-corrected chi connectivity index (χ3v) is 9.88. The smallest absolute Gasteiger partial charge is 0.200 e. The summed E-state index contributed by atoms with van der Waals surface area (Å²) in [6, 6.07) is 20.4. The van der Waals surface area contributed by atoms with Crippen LogP contribution in [0.3, 0.4) is 0 Å². The Balaban J connectivity index is 0.000000295. The number of rotatable bonds is 6. The minimum atomic E-state index is -7.22. The standard InChI is InChI=1S/C24BF20.C17H13N2/c26-5-1(6(27)14(35)21(42)13(5)34)25(2-7(28)15(36)22(43)16(37)8(2)29,3-9(30)17(38)23(44)18(39)10(3)31)4-11(32)19(40)24(45)20(41)12(4)33;18-11-15-6-7-17-13-19(9-8-16(17)10-15)12-14-4-2-1-3-5-14/h;1-10,13H,12H2/q-1;+1. The summed E-state index contributed by atoms with van der Waals surface area (Å²) in [6.07, 6.45) is -3.05. The summed E-state index contributed by atoms with van der Waals surface area (Å²) in [5.41, 5.74) is -12.3. The normalized spacial score (nSPS) is 11.5. The summed E-state index contributed by atoms with van der Waals surface area (Å²) < 4.78 is 296. The molecule has 2 nitrogen and oxygen atoms in total. The number of halogens is 20. The van der Waals surface area contributed by atoms with Crippen molar-refractivity contribution in [3.63, 3.8) is 0 Å². The highest BCUT2D eigenvalue weighted by atomic mass is 19.2. The fourth-order valence-corrected chi connectivity index (χ4v) is 7.07. The first-order valence-electron chi connectivity index (χ1n) is 17.2. The van der Waals surface area contributed by atoms with Gasteiger partial charge in [0.2, 0.25) is 0 Å². The number of fused-ring (bicyclic) bond motifs is 1. The zero-order chi connectivity index (χ0) is 47.4. The fraction of sp³-hybridized carbons (Fsp3) is 0.0244. The minimum absolute atomic E-state index is 0.702. The van der Waals surface area contributed by atoms with Crippen molar-refractivity contribution in [3.8, 4) is 6.07 Å². The second-order valence-corrected chi connectivity index (χ2v) is 13.4. The van der Waals surface area contributed by atoms with Crippen LogP contribution in [0, 0.1) is 128 Å². The van der Waals surface area contributed by atoms with Crippen molar-refractivity contribution in [3.05, 3.63) is 194 Å². The number of hydrogen-bond acceptors (Lipinski definition) is 1. The second-order valence-electron chi connectivity index (χ2n) is 13.4. The molecule has 7 rings (SSSR count). The highest BCUT2D eigenvalue weighted by Crippen LogP contribution is 2.31. The van der Waals surface area contributed by atoms with Crippen LogP contribution < -0.4 is 26.4 Å². The number of pyridine rings is 1. The molecule has 0 fully saturated rings. The second kappa shape index (κ2) is 17.2. The summed E-state index contributed by atoms with van der Waals surface area (Å²) in [5.74, 6) is -71.4. The third kappa shape index (κ3) is 7.19. The Kier molecular flexibility index (Phi) is 12.5. The first-order chi connectivity index (χ1) is 30.0. The molecule has 0 saturated carbocycles. The van der Waals surface area contributed by atoms with E-state index >= 15 is 35.1 Å². The number of hydrogen-bond donors (Lipinski definition) is 0. The summed E-state index contributed by atoms with van der Waals surface area (Å²) in [4.78, 5) is 0. The van der Waals surface area contributed by atoms with Crippen LogP contribution in [0.1, 0.15) is 11.1 Å². The maximum atomic E-state index is 15.4. The quantitative estimate of drug-likeness (QED) is 0.0539. The predicted octanol–water partition coefficient (Wildman–Crippen LogP) is 8.89. The summed E-state index contributed by atoms with van der Waals surface area (Å²) in [5, 5.41) is 11.1. The van der Waals surface area contributed by atoms with Gasteiger partial charge in [-0.3, -0.25) is 0 Å². The topological polar surface area (TPSA) is 27.7 Å². The monoisotopic (exact) mass is 924 g/mol. The third-order valence-electron chi connectivity index (χ3n) is 9.88. The molecule has 64 heavy (non-hydrogen) atoms. The number of nitrogens with zero attached hydrogens (tertiary/aromatic N) is 2. The van der Waals surface area contributed by atoms with Crippen LogP contribution in [0.25, 0.3) is 10.8 Å². The van der Waals surface area contributed by atoms with Crippen LogP contribution in [-0.2, 0) is 6.54 Å². The lowest BCUT2D eigenvalue weighted by Crippen LogP contribution is -2.81. The molecular formula is C41H13BF20N2. The van der Waals surface area contributed by atoms with E-state index in [0.717, 1.165) is 17.3 Å². The van der Waals surface area contributed by atoms with Gasteiger partial charge in [0.05, 0.1) is 11.6 Å². The van der Waals surface area contributed by atoms with Crippen LogP contribution in [0.4, 0.5) is 87.8 Å². The number of aromatic nitrogens is 1. The SMILES string of the molecule is Fc1c(F)c(F)c([B-](c2c(F)c(F)c(F)c(F)c2F)(c2c(F)c(F)c(F)c(F)c2F)c2c(F)c(F)c(F)c(F)c2F)c(F)c1F.N#Cc1ccc2c[n+](Cc3ccccc3)ccc2c1. The Morgan fingerprint density at radius 1 is 0.375 bits per heavy atom. The molecule has 0 aliphatic heterocycles. The molecule has 0 bridgehead atoms. The molecule has 23 heteroatoms. The largest absolute Gasteiger partial charge is 0.207 e. The van der Waals surface area contributed by atoms with Crippen LogP contribution in [0.2, 0.25) is 0 Å². The molecule has 0 spiro atoms. The Labute approximate surface area is 343 Å². The van der Waals surface area contributed by atoms with Crippen LogP contribution in [-0.4, -0.2) is 6.15 Å². The highest BCUT2D eigenvalue weighted by molar-refractivity contribution is 7.20. The van der Waals surface area contributed by atoms with Gasteiger partial charge in [0.1, 0.15) is 52.7 Å². The summed E-state index contributed by atoms with van der Waals surface area (Å²) >= 11 is 0. The zero-order valence-electron chi connectivity index (χ0n) is 30.6. The Morgan fingerprint density at radius 2 is 0.688 bits per heavy atom. The molecule has 1 heterocycles. The molecule has 0 aliphatic carbocycles. The molecule has 7 aromatic rings. The van der Waals surface area contributed by atoms with Crippen molar-refractivity contribution in [2.24, 2.45) is 0 Å². The van der Waals surface area contributed by atoms with Gasteiger partial charge in [-0.1, -0.05) is 30.3 Å². The van der Waals surface area contributed by atoms with E-state index in [1.165, 1.54) is 5.56 Å². The predicted molar refractivity (Wildman–Crippen MR) is 184 cm³/mol. The van der Waals surface area contributed by atoms with Gasteiger partial charge < -0.3 is 0 Å². The molecule has 0 saturated heterocycles. The van der Waals surface area contributed by atoms with Crippen molar-refractivity contribution in [2.75, 3.05) is 0 Å². The van der Waals surface area contributed by atoms with E-state index in [9.17, 15) is 52.7 Å². The van der Waals surface area contributed by atoms with E-state index < -0.39 is 144 Å². The number of nitriles is 1. The molecule has 6 aromatic carbocycles. The van der Waals surface area contributed by atoms with Crippen LogP contribution in [0.15, 0.2) is 67.0 Å². The first kappa shape index (κ1) is 46.4. The van der Waals surface area contributed by atoms with Crippen molar-refractivity contribution in [1.29, 1.82) is 5.26 Å². The lowest BCUT2D eigenvalue weighted by atomic mass is 9.12. The van der Waals surface area contributed by atoms with E-state index in [0.29, 0.717) is 5.56 Å². The number of benzene rings is 6. The fourth-order valence-electron chi connectivity index (χ4n) is 7.07. The van der Waals surface area contributed by atoms with Crippen molar-refractivity contribution < 1.29 is 92.4 Å². The van der Waals surface area contributed by atoms with E-state index in [2.05, 4.69) is 53.4 Å². The summed E-state index contributed by atoms with van der Waals surface area (Å²) in [6.45, 7) is 0.858. The molecular weight excluding hydrogens is 911 g/mol. The lowest BCUT2D eigenvalue weighted by molar-refractivity contribution is -0.687. The first-order valence-corrected chi connectivity index (χ1v) is 17.2. The van der Waals surface area contributed by atoms with Gasteiger partial charge in [-0.15, -0.1) is 21.9 Å². The van der Waals surface area contributed by atoms with Gasteiger partial charge in [0, 0.05) is 17.0 Å². The lowest BCUT2D eigenvalue weighted by Gasteiger charge is -2.44. The van der Waals surface area contributed by atoms with Gasteiger partial charge in [-0.2, -0.15) is 5.26 Å². The van der Waals surface area contributed by atoms with Gasteiger partial charge in [0.25, 0.3) is 0 Å². The maximum Gasteiger partial charge on any atom is 0.200 e. The van der Waals surface area contributed by atoms with Crippen LogP contribution >= 0.6 is 0 Å². The van der Waals surface area contributed by atoms with Gasteiger partial charge in [0.15, 0.2) is 88.7 Å². The van der Waals surface area contributed by atoms with Crippen molar-refractivity contribution in [2.45, 2.75) is 6.54 Å². The van der Waals surface area contributed by atoms with Crippen molar-refractivity contribution in [1.82, 2.24) is 0 Å². The van der Waals surface area contributed by atoms with E-state index in [1.807, 2.05) is 24.3 Å². The molecule has 0 unspecified atom stereocenters. The van der Waals surface area contributed by atoms with Gasteiger partial charge in [-0.05, 0) is 23.6 Å². The van der Waals surface area contributed by atoms with E-state index in [1.54, 1.807) is 0 Å². The minimum Gasteiger partial charge on any atom is -0.207 e. The Morgan fingerprint density at radius 3 is 1.00 bits per heavy atom.